The maximum Gasteiger partial charge on any atom is 0.309 e. The number of likely N-dealkylation sites (tertiary alicyclic amines) is 1. The molecule has 2 fully saturated rings. The highest BCUT2D eigenvalue weighted by Crippen LogP contribution is 2.42. The van der Waals surface area contributed by atoms with Crippen LogP contribution < -0.4 is 11.1 Å². The first-order chi connectivity index (χ1) is 25.1. The summed E-state index contributed by atoms with van der Waals surface area (Å²) >= 11 is 0. The molecule has 9 nitrogen and oxygen atoms in total. The number of anilines is 1. The summed E-state index contributed by atoms with van der Waals surface area (Å²) in [5.74, 6) is -5.49. The second-order valence-corrected chi connectivity index (χ2v) is 13.7. The number of benzene rings is 3. The number of nitrogens with two attached hydrogens (primary N) is 1. The average molecular weight is 710 g/mol. The van der Waals surface area contributed by atoms with Crippen LogP contribution in [-0.4, -0.2) is 57.7 Å². The molecule has 1 saturated carbocycles. The Balaban J connectivity index is 0.000000169. The van der Waals surface area contributed by atoms with Crippen LogP contribution in [0.2, 0.25) is 0 Å². The van der Waals surface area contributed by atoms with E-state index in [9.17, 15) is 27.9 Å². The molecule has 0 spiro atoms. The number of carbonyl (C=O) groups excluding carboxylic acids is 1. The molecule has 3 aliphatic rings. The number of carboxylic acids is 1. The SMILES string of the molecule is C[C@@H](c1ccccn1)c1ccc2c(c1N)Cc1ccccc1-2.O=C(N[C@@H]1CCN(CC2CC2)C[C@H]1C(=O)O)c1cc(-c2c(F)cc(F)cc2F)on1. The van der Waals surface area contributed by atoms with Gasteiger partial charge in [0.25, 0.3) is 5.91 Å². The largest absolute Gasteiger partial charge is 0.481 e. The van der Waals surface area contributed by atoms with Crippen LogP contribution in [0.25, 0.3) is 22.5 Å². The van der Waals surface area contributed by atoms with E-state index in [1.54, 1.807) is 0 Å². The standard InChI is InChI=1S/C20H20F3N3O4.C20H18N2/c21-11-5-13(22)18(14(23)6-11)17-7-16(25-30-17)19(27)24-15-3-4-26(8-10-1-2-10)9-12(15)20(28)29;1-13(19-8-4-5-11-22-19)15-9-10-17-16-7-3-2-6-14(16)12-18(17)20(15)21/h5-7,10,12,15H,1-4,8-9H2,(H,24,27)(H,28,29);2-11,13H,12,21H2,1H3/t12-,15-;13-/m11/s1. The number of fused-ring (bicyclic) bond motifs is 3. The number of aromatic nitrogens is 2. The number of aliphatic carboxylic acids is 1. The molecule has 4 N–H and O–H groups in total. The molecule has 3 heterocycles. The summed E-state index contributed by atoms with van der Waals surface area (Å²) in [7, 11) is 0. The monoisotopic (exact) mass is 709 g/mol. The van der Waals surface area contributed by atoms with Crippen molar-refractivity contribution in [1.82, 2.24) is 20.4 Å². The minimum atomic E-state index is -1.19. The zero-order valence-electron chi connectivity index (χ0n) is 28.5. The number of carboxylic acid groups (broad SMARTS) is 1. The Morgan fingerprint density at radius 1 is 1.00 bits per heavy atom. The first-order valence-electron chi connectivity index (χ1n) is 17.4. The molecule has 3 aromatic carbocycles. The molecule has 0 unspecified atom stereocenters. The van der Waals surface area contributed by atoms with Crippen LogP contribution in [-0.2, 0) is 11.2 Å². The van der Waals surface area contributed by atoms with Crippen molar-refractivity contribution in [3.8, 4) is 22.5 Å². The third-order valence-electron chi connectivity index (χ3n) is 10.2. The predicted molar refractivity (Wildman–Crippen MR) is 189 cm³/mol. The van der Waals surface area contributed by atoms with E-state index in [1.807, 2.05) is 18.3 Å². The molecule has 5 aromatic rings. The fraction of sp³-hybridized carbons (Fsp3) is 0.300. The Bertz CT molecular complexity index is 2100. The molecule has 0 bridgehead atoms. The van der Waals surface area contributed by atoms with Crippen LogP contribution >= 0.6 is 0 Å². The molecule has 52 heavy (non-hydrogen) atoms. The summed E-state index contributed by atoms with van der Waals surface area (Å²) in [6.45, 7) is 4.04. The summed E-state index contributed by atoms with van der Waals surface area (Å²) in [5, 5.41) is 15.7. The van der Waals surface area contributed by atoms with Gasteiger partial charge in [-0.3, -0.25) is 14.6 Å². The summed E-state index contributed by atoms with van der Waals surface area (Å²) in [5.41, 5.74) is 14.0. The molecule has 1 aliphatic heterocycles. The van der Waals surface area contributed by atoms with Gasteiger partial charge < -0.3 is 25.6 Å². The summed E-state index contributed by atoms with van der Waals surface area (Å²) in [4.78, 5) is 30.8. The van der Waals surface area contributed by atoms with Gasteiger partial charge in [-0.05, 0) is 65.1 Å². The molecular weight excluding hydrogens is 671 g/mol. The number of nitrogen functional groups attached to an aromatic ring is 1. The number of rotatable bonds is 8. The molecule has 8 rings (SSSR count). The summed E-state index contributed by atoms with van der Waals surface area (Å²) < 4.78 is 45.8. The Labute approximate surface area is 298 Å². The van der Waals surface area contributed by atoms with E-state index in [-0.39, 0.29) is 17.4 Å². The smallest absolute Gasteiger partial charge is 0.309 e. The number of pyridine rings is 1. The quantitative estimate of drug-likeness (QED) is 0.143. The number of hydrogen-bond acceptors (Lipinski definition) is 7. The number of amides is 1. The number of hydrogen-bond donors (Lipinski definition) is 3. The number of carbonyl (C=O) groups is 2. The van der Waals surface area contributed by atoms with E-state index in [1.165, 1.54) is 27.8 Å². The van der Waals surface area contributed by atoms with Gasteiger partial charge in [0.2, 0.25) is 0 Å². The van der Waals surface area contributed by atoms with E-state index in [4.69, 9.17) is 10.3 Å². The molecule has 3 atom stereocenters. The fourth-order valence-electron chi connectivity index (χ4n) is 7.22. The highest BCUT2D eigenvalue weighted by Gasteiger charge is 2.37. The van der Waals surface area contributed by atoms with Gasteiger partial charge in [-0.15, -0.1) is 0 Å². The fourth-order valence-corrected chi connectivity index (χ4v) is 7.22. The zero-order valence-corrected chi connectivity index (χ0v) is 28.5. The van der Waals surface area contributed by atoms with Crippen molar-refractivity contribution >= 4 is 17.6 Å². The van der Waals surface area contributed by atoms with Crippen molar-refractivity contribution in [3.63, 3.8) is 0 Å². The molecule has 2 aliphatic carbocycles. The minimum Gasteiger partial charge on any atom is -0.481 e. The Kier molecular flexibility index (Phi) is 9.83. The summed E-state index contributed by atoms with van der Waals surface area (Å²) in [6, 6.07) is 20.4. The first-order valence-corrected chi connectivity index (χ1v) is 17.4. The Hall–Kier alpha value is -5.49. The number of piperidine rings is 1. The molecule has 1 amide bonds. The zero-order chi connectivity index (χ0) is 36.5. The van der Waals surface area contributed by atoms with Crippen molar-refractivity contribution < 1.29 is 32.4 Å². The van der Waals surface area contributed by atoms with Crippen LogP contribution in [0.1, 0.15) is 65.0 Å². The number of nitrogens with zero attached hydrogens (tertiary/aromatic N) is 3. The van der Waals surface area contributed by atoms with Gasteiger partial charge in [0.15, 0.2) is 11.5 Å². The highest BCUT2D eigenvalue weighted by atomic mass is 19.1. The lowest BCUT2D eigenvalue weighted by molar-refractivity contribution is -0.144. The lowest BCUT2D eigenvalue weighted by Gasteiger charge is -2.36. The minimum absolute atomic E-state index is 0.204. The van der Waals surface area contributed by atoms with Crippen LogP contribution in [0.15, 0.2) is 83.5 Å². The second-order valence-electron chi connectivity index (χ2n) is 13.7. The van der Waals surface area contributed by atoms with E-state index in [0.29, 0.717) is 37.6 Å². The average Bonchev–Trinajstić information content (AvgIpc) is 3.66. The van der Waals surface area contributed by atoms with Crippen LogP contribution in [0.5, 0.6) is 0 Å². The molecule has 2 aromatic heterocycles. The van der Waals surface area contributed by atoms with Crippen LogP contribution in [0.3, 0.4) is 0 Å². The molecule has 12 heteroatoms. The van der Waals surface area contributed by atoms with Gasteiger partial charge in [-0.25, -0.2) is 13.2 Å². The van der Waals surface area contributed by atoms with E-state index in [0.717, 1.165) is 43.3 Å². The maximum atomic E-state index is 13.9. The first kappa shape index (κ1) is 34.9. The van der Waals surface area contributed by atoms with E-state index in [2.05, 4.69) is 69.7 Å². The van der Waals surface area contributed by atoms with Crippen molar-refractivity contribution in [3.05, 3.63) is 125 Å². The van der Waals surface area contributed by atoms with E-state index >= 15 is 0 Å². The third-order valence-corrected chi connectivity index (χ3v) is 10.2. The van der Waals surface area contributed by atoms with Gasteiger partial charge >= 0.3 is 5.97 Å². The predicted octanol–water partition coefficient (Wildman–Crippen LogP) is 7.06. The summed E-state index contributed by atoms with van der Waals surface area (Å²) in [6.07, 6.45) is 5.56. The lowest BCUT2D eigenvalue weighted by atomic mass is 9.91. The topological polar surface area (TPSA) is 135 Å². The number of nitrogens with one attached hydrogen (secondary N) is 1. The second kappa shape index (κ2) is 14.6. The third kappa shape index (κ3) is 7.29. The Morgan fingerprint density at radius 2 is 1.75 bits per heavy atom. The normalized spacial score (nSPS) is 18.5. The lowest BCUT2D eigenvalue weighted by Crippen LogP contribution is -2.53. The molecule has 1 saturated heterocycles. The van der Waals surface area contributed by atoms with Gasteiger partial charge in [0.1, 0.15) is 17.5 Å². The van der Waals surface area contributed by atoms with E-state index < -0.39 is 46.9 Å². The van der Waals surface area contributed by atoms with Crippen molar-refractivity contribution in [2.75, 3.05) is 25.4 Å². The highest BCUT2D eigenvalue weighted by molar-refractivity contribution is 5.93. The molecular formula is C40H38F3N5O4. The van der Waals surface area contributed by atoms with Crippen LogP contribution in [0.4, 0.5) is 18.9 Å². The molecule has 0 radical (unpaired) electrons. The van der Waals surface area contributed by atoms with Gasteiger partial charge in [0, 0.05) is 73.8 Å². The van der Waals surface area contributed by atoms with Crippen molar-refractivity contribution in [2.45, 2.75) is 44.6 Å². The maximum absolute atomic E-state index is 13.9. The number of halogens is 3. The van der Waals surface area contributed by atoms with Crippen molar-refractivity contribution in [2.24, 2.45) is 11.8 Å². The van der Waals surface area contributed by atoms with Gasteiger partial charge in [-0.2, -0.15) is 0 Å². The van der Waals surface area contributed by atoms with Crippen LogP contribution in [0, 0.1) is 29.3 Å². The van der Waals surface area contributed by atoms with Gasteiger partial charge in [0.05, 0.1) is 11.5 Å². The molecule has 268 valence electrons. The van der Waals surface area contributed by atoms with Crippen molar-refractivity contribution in [1.29, 1.82) is 0 Å². The Morgan fingerprint density at radius 3 is 2.46 bits per heavy atom. The van der Waals surface area contributed by atoms with Gasteiger partial charge in [-0.1, -0.05) is 54.5 Å².